The average molecular weight is 377 g/mol. The molecule has 0 bridgehead atoms. The molecule has 0 atom stereocenters. The van der Waals surface area contributed by atoms with Gasteiger partial charge in [0.1, 0.15) is 0 Å². The highest BCUT2D eigenvalue weighted by Crippen LogP contribution is 2.27. The maximum atomic E-state index is 6.41. The number of hydrogen-bond acceptors (Lipinski definition) is 4. The predicted octanol–water partition coefficient (Wildman–Crippen LogP) is 5.41. The van der Waals surface area contributed by atoms with Crippen LogP contribution in [0.2, 0.25) is 12.1 Å². The van der Waals surface area contributed by atoms with Gasteiger partial charge >= 0.3 is 8.56 Å². The molecule has 0 aromatic heterocycles. The van der Waals surface area contributed by atoms with Crippen LogP contribution >= 0.6 is 0 Å². The standard InChI is InChI=1S/C20H44O4Si/c1-7-21-13-15-23-25(17-9-11-19(3)4,18-10-12-20(5)6)24-16-14-22-8-2/h19-20H,7-18H2,1-6H3. The zero-order chi connectivity index (χ0) is 19.0. The summed E-state index contributed by atoms with van der Waals surface area (Å²) in [5.74, 6) is 1.46. The molecule has 5 heteroatoms. The minimum absolute atomic E-state index is 0.651. The van der Waals surface area contributed by atoms with E-state index in [9.17, 15) is 0 Å². The predicted molar refractivity (Wildman–Crippen MR) is 108 cm³/mol. The Hall–Kier alpha value is 0.0569. The zero-order valence-corrected chi connectivity index (χ0v) is 18.8. The van der Waals surface area contributed by atoms with Gasteiger partial charge in [0.15, 0.2) is 0 Å². The van der Waals surface area contributed by atoms with Crippen LogP contribution in [0.4, 0.5) is 0 Å². The summed E-state index contributed by atoms with van der Waals surface area (Å²) in [5, 5.41) is 0. The van der Waals surface area contributed by atoms with Crippen molar-refractivity contribution in [1.29, 1.82) is 0 Å². The third-order valence-electron chi connectivity index (χ3n) is 4.27. The summed E-state index contributed by atoms with van der Waals surface area (Å²) in [6, 6.07) is 2.17. The molecule has 0 aliphatic heterocycles. The number of ether oxygens (including phenoxy) is 2. The van der Waals surface area contributed by atoms with Crippen molar-refractivity contribution >= 4 is 8.56 Å². The molecule has 25 heavy (non-hydrogen) atoms. The highest BCUT2D eigenvalue weighted by Gasteiger charge is 2.36. The first-order chi connectivity index (χ1) is 12.0. The van der Waals surface area contributed by atoms with Crippen LogP contribution in [0.25, 0.3) is 0 Å². The molecule has 0 rings (SSSR count). The molecule has 0 aliphatic rings. The van der Waals surface area contributed by atoms with Crippen molar-refractivity contribution in [2.75, 3.05) is 39.6 Å². The Morgan fingerprint density at radius 1 is 0.640 bits per heavy atom. The lowest BCUT2D eigenvalue weighted by Crippen LogP contribution is -2.44. The first-order valence-corrected chi connectivity index (χ1v) is 12.6. The van der Waals surface area contributed by atoms with Crippen molar-refractivity contribution in [3.05, 3.63) is 0 Å². The van der Waals surface area contributed by atoms with Gasteiger partial charge in [0.05, 0.1) is 26.4 Å². The molecular weight excluding hydrogens is 332 g/mol. The van der Waals surface area contributed by atoms with E-state index in [1.807, 2.05) is 13.8 Å². The summed E-state index contributed by atoms with van der Waals surface area (Å²) < 4.78 is 23.8. The van der Waals surface area contributed by atoms with Gasteiger partial charge in [-0.25, -0.2) is 0 Å². The van der Waals surface area contributed by atoms with Crippen LogP contribution in [0.3, 0.4) is 0 Å². The topological polar surface area (TPSA) is 36.9 Å². The maximum absolute atomic E-state index is 6.41. The largest absolute Gasteiger partial charge is 0.392 e. The fourth-order valence-electron chi connectivity index (χ4n) is 2.88. The number of hydrogen-bond donors (Lipinski definition) is 0. The SMILES string of the molecule is CCOCCO[Si](CCCC(C)C)(CCCC(C)C)OCCOCC. The van der Waals surface area contributed by atoms with Crippen LogP contribution < -0.4 is 0 Å². The molecule has 0 fully saturated rings. The van der Waals surface area contributed by atoms with Gasteiger partial charge < -0.3 is 18.3 Å². The molecule has 0 aromatic carbocycles. The molecule has 4 nitrogen and oxygen atoms in total. The minimum Gasteiger partial charge on any atom is -0.392 e. The van der Waals surface area contributed by atoms with Gasteiger partial charge in [-0.05, 0) is 37.8 Å². The molecule has 0 amide bonds. The van der Waals surface area contributed by atoms with Crippen LogP contribution in [0.15, 0.2) is 0 Å². The fraction of sp³-hybridized carbons (Fsp3) is 1.00. The Morgan fingerprint density at radius 3 is 1.36 bits per heavy atom. The van der Waals surface area contributed by atoms with E-state index in [0.29, 0.717) is 26.4 Å². The van der Waals surface area contributed by atoms with Crippen LogP contribution in [-0.2, 0) is 18.3 Å². The van der Waals surface area contributed by atoms with Crippen molar-refractivity contribution in [1.82, 2.24) is 0 Å². The monoisotopic (exact) mass is 376 g/mol. The average Bonchev–Trinajstić information content (AvgIpc) is 2.55. The van der Waals surface area contributed by atoms with Crippen LogP contribution in [0, 0.1) is 11.8 Å². The molecular formula is C20H44O4Si. The second-order valence-corrected chi connectivity index (χ2v) is 11.0. The lowest BCUT2D eigenvalue weighted by molar-refractivity contribution is 0.0635. The lowest BCUT2D eigenvalue weighted by atomic mass is 10.1. The van der Waals surface area contributed by atoms with E-state index in [1.54, 1.807) is 0 Å². The molecule has 0 aromatic rings. The van der Waals surface area contributed by atoms with Crippen molar-refractivity contribution < 1.29 is 18.3 Å². The van der Waals surface area contributed by atoms with Gasteiger partial charge in [-0.3, -0.25) is 0 Å². The third-order valence-corrected chi connectivity index (χ3v) is 7.96. The van der Waals surface area contributed by atoms with E-state index in [2.05, 4.69) is 27.7 Å². The second-order valence-electron chi connectivity index (χ2n) is 7.57. The van der Waals surface area contributed by atoms with Gasteiger partial charge in [0.25, 0.3) is 0 Å². The molecule has 0 spiro atoms. The van der Waals surface area contributed by atoms with Crippen LogP contribution in [0.1, 0.15) is 67.2 Å². The van der Waals surface area contributed by atoms with Crippen LogP contribution in [-0.4, -0.2) is 48.2 Å². The summed E-state index contributed by atoms with van der Waals surface area (Å²) >= 11 is 0. The Balaban J connectivity index is 4.73. The molecule has 0 unspecified atom stereocenters. The van der Waals surface area contributed by atoms with Crippen molar-refractivity contribution in [3.8, 4) is 0 Å². The Kier molecular flexibility index (Phi) is 16.3. The molecule has 0 radical (unpaired) electrons. The van der Waals surface area contributed by atoms with E-state index in [4.69, 9.17) is 18.3 Å². The molecule has 0 heterocycles. The molecule has 0 N–H and O–H groups in total. The first kappa shape index (κ1) is 25.1. The number of rotatable bonds is 18. The molecule has 0 saturated heterocycles. The van der Waals surface area contributed by atoms with E-state index in [0.717, 1.165) is 37.1 Å². The Labute approximate surface area is 158 Å². The summed E-state index contributed by atoms with van der Waals surface area (Å²) in [7, 11) is -2.19. The van der Waals surface area contributed by atoms with Gasteiger partial charge in [0, 0.05) is 13.2 Å². The van der Waals surface area contributed by atoms with Gasteiger partial charge in [0.2, 0.25) is 0 Å². The zero-order valence-electron chi connectivity index (χ0n) is 17.8. The van der Waals surface area contributed by atoms with Crippen LogP contribution in [0.5, 0.6) is 0 Å². The van der Waals surface area contributed by atoms with Gasteiger partial charge in [-0.1, -0.05) is 53.4 Å². The third kappa shape index (κ3) is 14.9. The van der Waals surface area contributed by atoms with Crippen molar-refractivity contribution in [3.63, 3.8) is 0 Å². The van der Waals surface area contributed by atoms with E-state index < -0.39 is 8.56 Å². The summed E-state index contributed by atoms with van der Waals surface area (Å²) in [4.78, 5) is 0. The van der Waals surface area contributed by atoms with Crippen molar-refractivity contribution in [2.45, 2.75) is 79.3 Å². The summed E-state index contributed by atoms with van der Waals surface area (Å²) in [6.07, 6.45) is 4.86. The maximum Gasteiger partial charge on any atom is 0.338 e. The second kappa shape index (κ2) is 16.2. The quantitative estimate of drug-likeness (QED) is 0.237. The van der Waals surface area contributed by atoms with Gasteiger partial charge in [-0.2, -0.15) is 0 Å². The summed E-state index contributed by atoms with van der Waals surface area (Å²) in [5.41, 5.74) is 0. The Morgan fingerprint density at radius 2 is 1.04 bits per heavy atom. The summed E-state index contributed by atoms with van der Waals surface area (Å²) in [6.45, 7) is 17.3. The smallest absolute Gasteiger partial charge is 0.338 e. The van der Waals surface area contributed by atoms with Crippen molar-refractivity contribution in [2.24, 2.45) is 11.8 Å². The van der Waals surface area contributed by atoms with E-state index >= 15 is 0 Å². The molecule has 0 saturated carbocycles. The fourth-order valence-corrected chi connectivity index (χ4v) is 6.18. The van der Waals surface area contributed by atoms with Gasteiger partial charge in [-0.15, -0.1) is 0 Å². The van der Waals surface area contributed by atoms with E-state index in [1.165, 1.54) is 25.7 Å². The molecule has 152 valence electrons. The van der Waals surface area contributed by atoms with E-state index in [-0.39, 0.29) is 0 Å². The highest BCUT2D eigenvalue weighted by atomic mass is 28.4. The normalized spacial score (nSPS) is 12.5. The highest BCUT2D eigenvalue weighted by molar-refractivity contribution is 6.67. The minimum atomic E-state index is -2.19. The Bertz CT molecular complexity index is 257. The lowest BCUT2D eigenvalue weighted by Gasteiger charge is -2.31. The first-order valence-electron chi connectivity index (χ1n) is 10.4. The molecule has 0 aliphatic carbocycles.